The molecule has 0 amide bonds. The van der Waals surface area contributed by atoms with Crippen molar-refractivity contribution < 1.29 is 9.90 Å². The summed E-state index contributed by atoms with van der Waals surface area (Å²) in [7, 11) is 0. The number of carbonyl (C=O) groups is 1. The Bertz CT molecular complexity index is 535. The summed E-state index contributed by atoms with van der Waals surface area (Å²) in [5, 5.41) is 9.85. The number of carboxylic acids is 1. The predicted molar refractivity (Wildman–Crippen MR) is 79.4 cm³/mol. The first-order valence-corrected chi connectivity index (χ1v) is 6.62. The SMILES string of the molecule is Clc1ccccc1Cl.O=C(O)c1ccccc1CCl. The van der Waals surface area contributed by atoms with Gasteiger partial charge in [-0.05, 0) is 23.8 Å². The minimum absolute atomic E-state index is 0.239. The largest absolute Gasteiger partial charge is 0.478 e. The molecular formula is C14H11Cl3O2. The van der Waals surface area contributed by atoms with Crippen LogP contribution in [0.2, 0.25) is 10.0 Å². The van der Waals surface area contributed by atoms with Crippen molar-refractivity contribution in [2.75, 3.05) is 0 Å². The Morgan fingerprint density at radius 3 is 1.79 bits per heavy atom. The molecule has 1 N–H and O–H groups in total. The van der Waals surface area contributed by atoms with Gasteiger partial charge in [0.25, 0.3) is 0 Å². The fraction of sp³-hybridized carbons (Fsp3) is 0.0714. The van der Waals surface area contributed by atoms with Gasteiger partial charge in [-0.3, -0.25) is 0 Å². The quantitative estimate of drug-likeness (QED) is 0.781. The van der Waals surface area contributed by atoms with Crippen LogP contribution in [0.3, 0.4) is 0 Å². The van der Waals surface area contributed by atoms with Crippen LogP contribution < -0.4 is 0 Å². The normalized spacial score (nSPS) is 9.42. The molecule has 0 aliphatic heterocycles. The molecule has 2 aromatic carbocycles. The topological polar surface area (TPSA) is 37.3 Å². The van der Waals surface area contributed by atoms with Crippen molar-refractivity contribution in [2.24, 2.45) is 0 Å². The third-order valence-electron chi connectivity index (χ3n) is 2.22. The zero-order chi connectivity index (χ0) is 14.3. The summed E-state index contributed by atoms with van der Waals surface area (Å²) < 4.78 is 0. The molecule has 0 atom stereocenters. The fourth-order valence-corrected chi connectivity index (χ4v) is 1.79. The van der Waals surface area contributed by atoms with Gasteiger partial charge in [-0.15, -0.1) is 11.6 Å². The number of benzene rings is 2. The van der Waals surface area contributed by atoms with Crippen molar-refractivity contribution >= 4 is 40.8 Å². The van der Waals surface area contributed by atoms with E-state index in [-0.39, 0.29) is 11.4 Å². The lowest BCUT2D eigenvalue weighted by molar-refractivity contribution is 0.0696. The standard InChI is InChI=1S/C8H7ClO2.C6H4Cl2/c9-5-6-3-1-2-4-7(6)8(10)11;7-5-3-1-2-4-6(5)8/h1-4H,5H2,(H,10,11);1-4H. The Balaban J connectivity index is 0.000000200. The molecular weight excluding hydrogens is 307 g/mol. The van der Waals surface area contributed by atoms with Crippen molar-refractivity contribution in [3.8, 4) is 0 Å². The summed E-state index contributed by atoms with van der Waals surface area (Å²) in [5.74, 6) is -0.691. The van der Waals surface area contributed by atoms with Gasteiger partial charge in [0.05, 0.1) is 15.6 Å². The summed E-state index contributed by atoms with van der Waals surface area (Å²) in [4.78, 5) is 10.5. The van der Waals surface area contributed by atoms with E-state index in [1.165, 1.54) is 0 Å². The van der Waals surface area contributed by atoms with Crippen molar-refractivity contribution in [1.29, 1.82) is 0 Å². The highest BCUT2D eigenvalue weighted by molar-refractivity contribution is 6.41. The van der Waals surface area contributed by atoms with E-state index < -0.39 is 5.97 Å². The number of hydrogen-bond donors (Lipinski definition) is 1. The maximum atomic E-state index is 10.5. The second-order valence-electron chi connectivity index (χ2n) is 3.51. The molecule has 0 aliphatic rings. The molecule has 2 nitrogen and oxygen atoms in total. The smallest absolute Gasteiger partial charge is 0.336 e. The molecule has 0 aromatic heterocycles. The minimum atomic E-state index is -0.929. The Labute approximate surface area is 126 Å². The number of aromatic carboxylic acids is 1. The van der Waals surface area contributed by atoms with Crippen molar-refractivity contribution in [3.05, 3.63) is 69.7 Å². The summed E-state index contributed by atoms with van der Waals surface area (Å²) >= 11 is 16.7. The number of hydrogen-bond acceptors (Lipinski definition) is 1. The Morgan fingerprint density at radius 1 is 0.947 bits per heavy atom. The van der Waals surface area contributed by atoms with Crippen LogP contribution in [0.4, 0.5) is 0 Å². The Morgan fingerprint density at radius 2 is 1.42 bits per heavy atom. The number of carboxylic acid groups (broad SMARTS) is 1. The molecule has 100 valence electrons. The van der Waals surface area contributed by atoms with Gasteiger partial charge < -0.3 is 5.11 Å². The monoisotopic (exact) mass is 316 g/mol. The van der Waals surface area contributed by atoms with Crippen molar-refractivity contribution in [1.82, 2.24) is 0 Å². The molecule has 2 rings (SSSR count). The molecule has 0 fully saturated rings. The number of halogens is 3. The van der Waals surface area contributed by atoms with Crippen LogP contribution in [0.5, 0.6) is 0 Å². The molecule has 2 aromatic rings. The summed E-state index contributed by atoms with van der Waals surface area (Å²) in [5.41, 5.74) is 0.934. The van der Waals surface area contributed by atoms with Gasteiger partial charge in [0.2, 0.25) is 0 Å². The molecule has 0 radical (unpaired) electrons. The Hall–Kier alpha value is -1.22. The molecule has 0 aliphatic carbocycles. The molecule has 0 bridgehead atoms. The van der Waals surface area contributed by atoms with Crippen LogP contribution in [0, 0.1) is 0 Å². The summed E-state index contributed by atoms with van der Waals surface area (Å²) in [6, 6.07) is 13.9. The van der Waals surface area contributed by atoms with Crippen LogP contribution in [0.25, 0.3) is 0 Å². The molecule has 0 unspecified atom stereocenters. The third kappa shape index (κ3) is 5.11. The van der Waals surface area contributed by atoms with Gasteiger partial charge in [0.1, 0.15) is 0 Å². The first-order valence-electron chi connectivity index (χ1n) is 5.33. The lowest BCUT2D eigenvalue weighted by Gasteiger charge is -1.99. The molecule has 0 saturated carbocycles. The highest BCUT2D eigenvalue weighted by Crippen LogP contribution is 2.19. The Kier molecular flexibility index (Phi) is 6.71. The van der Waals surface area contributed by atoms with Gasteiger partial charge in [-0.1, -0.05) is 53.5 Å². The first-order chi connectivity index (χ1) is 9.06. The molecule has 5 heteroatoms. The fourth-order valence-electron chi connectivity index (χ4n) is 1.28. The van der Waals surface area contributed by atoms with E-state index >= 15 is 0 Å². The van der Waals surface area contributed by atoms with E-state index in [1.54, 1.807) is 36.4 Å². The average Bonchev–Trinajstić information content (AvgIpc) is 2.42. The number of alkyl halides is 1. The predicted octanol–water partition coefficient (Wildman–Crippen LogP) is 5.12. The van der Waals surface area contributed by atoms with E-state index in [2.05, 4.69) is 0 Å². The average molecular weight is 318 g/mol. The van der Waals surface area contributed by atoms with E-state index in [1.807, 2.05) is 12.1 Å². The molecule has 19 heavy (non-hydrogen) atoms. The molecule has 0 saturated heterocycles. The maximum Gasteiger partial charge on any atom is 0.336 e. The van der Waals surface area contributed by atoms with Crippen LogP contribution in [0.1, 0.15) is 15.9 Å². The molecule has 0 heterocycles. The van der Waals surface area contributed by atoms with Gasteiger partial charge in [0, 0.05) is 5.88 Å². The second kappa shape index (κ2) is 8.05. The van der Waals surface area contributed by atoms with Crippen molar-refractivity contribution in [3.63, 3.8) is 0 Å². The zero-order valence-electron chi connectivity index (χ0n) is 9.82. The van der Waals surface area contributed by atoms with Gasteiger partial charge in [-0.2, -0.15) is 0 Å². The van der Waals surface area contributed by atoms with E-state index in [0.29, 0.717) is 15.6 Å². The van der Waals surface area contributed by atoms with E-state index in [9.17, 15) is 4.79 Å². The van der Waals surface area contributed by atoms with E-state index in [4.69, 9.17) is 39.9 Å². The highest BCUT2D eigenvalue weighted by atomic mass is 35.5. The van der Waals surface area contributed by atoms with Gasteiger partial charge >= 0.3 is 5.97 Å². The highest BCUT2D eigenvalue weighted by Gasteiger charge is 2.06. The van der Waals surface area contributed by atoms with Gasteiger partial charge in [0.15, 0.2) is 0 Å². The van der Waals surface area contributed by atoms with Crippen LogP contribution in [-0.2, 0) is 5.88 Å². The van der Waals surface area contributed by atoms with Crippen LogP contribution >= 0.6 is 34.8 Å². The minimum Gasteiger partial charge on any atom is -0.478 e. The molecule has 0 spiro atoms. The van der Waals surface area contributed by atoms with Crippen LogP contribution in [0.15, 0.2) is 48.5 Å². The number of rotatable bonds is 2. The lowest BCUT2D eigenvalue weighted by Crippen LogP contribution is -1.99. The van der Waals surface area contributed by atoms with Crippen molar-refractivity contribution in [2.45, 2.75) is 5.88 Å². The third-order valence-corrected chi connectivity index (χ3v) is 3.26. The van der Waals surface area contributed by atoms with Crippen LogP contribution in [-0.4, -0.2) is 11.1 Å². The second-order valence-corrected chi connectivity index (χ2v) is 4.59. The first kappa shape index (κ1) is 15.8. The summed E-state index contributed by atoms with van der Waals surface area (Å²) in [6.07, 6.45) is 0. The maximum absolute atomic E-state index is 10.5. The van der Waals surface area contributed by atoms with Gasteiger partial charge in [-0.25, -0.2) is 4.79 Å². The van der Waals surface area contributed by atoms with E-state index in [0.717, 1.165) is 0 Å². The zero-order valence-corrected chi connectivity index (χ0v) is 12.1. The summed E-state index contributed by atoms with van der Waals surface area (Å²) in [6.45, 7) is 0. The lowest BCUT2D eigenvalue weighted by atomic mass is 10.1.